The Labute approximate surface area is 167 Å². The summed E-state index contributed by atoms with van der Waals surface area (Å²) in [6.45, 7) is 2.64. The molecule has 0 N–H and O–H groups in total. The summed E-state index contributed by atoms with van der Waals surface area (Å²) < 4.78 is 16.2. The van der Waals surface area contributed by atoms with Crippen molar-refractivity contribution >= 4 is 17.2 Å². The summed E-state index contributed by atoms with van der Waals surface area (Å²) in [5.41, 5.74) is 1.55. The lowest BCUT2D eigenvalue weighted by Crippen LogP contribution is -2.31. The van der Waals surface area contributed by atoms with E-state index in [2.05, 4.69) is 4.98 Å². The maximum Gasteiger partial charge on any atom is 0.274 e. The van der Waals surface area contributed by atoms with Crippen molar-refractivity contribution in [3.05, 3.63) is 52.7 Å². The Balaban J connectivity index is 1.63. The largest absolute Gasteiger partial charge is 0.493 e. The van der Waals surface area contributed by atoms with Crippen LogP contribution < -0.4 is 9.47 Å². The van der Waals surface area contributed by atoms with Gasteiger partial charge in [0.05, 0.1) is 26.5 Å². The number of rotatable bonds is 5. The fourth-order valence-corrected chi connectivity index (χ4v) is 4.53. The Morgan fingerprint density at radius 3 is 2.79 bits per heavy atom. The van der Waals surface area contributed by atoms with Crippen LogP contribution in [0.1, 0.15) is 39.8 Å². The molecule has 2 aromatic heterocycles. The molecule has 1 aliphatic heterocycles. The summed E-state index contributed by atoms with van der Waals surface area (Å²) in [5.74, 6) is 2.00. The molecule has 0 radical (unpaired) electrons. The molecule has 1 amide bonds. The van der Waals surface area contributed by atoms with E-state index in [9.17, 15) is 4.79 Å². The second kappa shape index (κ2) is 7.67. The van der Waals surface area contributed by atoms with Gasteiger partial charge in [-0.2, -0.15) is 0 Å². The number of aryl methyl sites for hydroxylation is 1. The number of thiazole rings is 1. The van der Waals surface area contributed by atoms with E-state index in [0.717, 1.165) is 28.3 Å². The lowest BCUT2D eigenvalue weighted by Gasteiger charge is -2.25. The average molecular weight is 398 g/mol. The number of methoxy groups -OCH3 is 2. The zero-order valence-electron chi connectivity index (χ0n) is 16.1. The van der Waals surface area contributed by atoms with Crippen LogP contribution in [0.25, 0.3) is 10.8 Å². The second-order valence-corrected chi connectivity index (χ2v) is 7.88. The van der Waals surface area contributed by atoms with Gasteiger partial charge in [-0.15, -0.1) is 11.3 Å². The lowest BCUT2D eigenvalue weighted by atomic mass is 10.0. The van der Waals surface area contributed by atoms with Gasteiger partial charge in [0.25, 0.3) is 5.91 Å². The van der Waals surface area contributed by atoms with Crippen LogP contribution in [0.5, 0.6) is 11.5 Å². The predicted octanol–water partition coefficient (Wildman–Crippen LogP) is 4.71. The van der Waals surface area contributed by atoms with Crippen LogP contribution in [-0.4, -0.2) is 36.6 Å². The van der Waals surface area contributed by atoms with Crippen molar-refractivity contribution in [3.63, 3.8) is 0 Å². The highest BCUT2D eigenvalue weighted by Gasteiger charge is 2.33. The summed E-state index contributed by atoms with van der Waals surface area (Å²) >= 11 is 1.48. The molecule has 4 rings (SSSR count). The molecule has 0 saturated carbocycles. The summed E-state index contributed by atoms with van der Waals surface area (Å²) in [7, 11) is 3.23. The highest BCUT2D eigenvalue weighted by atomic mass is 32.1. The third-order valence-electron chi connectivity index (χ3n) is 5.04. The first-order valence-electron chi connectivity index (χ1n) is 9.16. The number of carbonyl (C=O) groups excluding carboxylic acids is 1. The van der Waals surface area contributed by atoms with Crippen LogP contribution >= 0.6 is 11.3 Å². The normalized spacial score (nSPS) is 16.4. The third-order valence-corrected chi connectivity index (χ3v) is 6.02. The van der Waals surface area contributed by atoms with E-state index >= 15 is 0 Å². The average Bonchev–Trinajstić information content (AvgIpc) is 3.46. The molecule has 3 heterocycles. The van der Waals surface area contributed by atoms with Gasteiger partial charge in [0.15, 0.2) is 22.3 Å². The van der Waals surface area contributed by atoms with Gasteiger partial charge >= 0.3 is 0 Å². The summed E-state index contributed by atoms with van der Waals surface area (Å²) in [5, 5.41) is 0.729. The minimum atomic E-state index is -0.0381. The fraction of sp³-hybridized carbons (Fsp3) is 0.333. The molecule has 1 fully saturated rings. The Morgan fingerprint density at radius 1 is 1.25 bits per heavy atom. The van der Waals surface area contributed by atoms with Gasteiger partial charge in [-0.05, 0) is 49.6 Å². The first kappa shape index (κ1) is 18.6. The molecule has 3 aromatic rings. The van der Waals surface area contributed by atoms with Crippen molar-refractivity contribution < 1.29 is 18.7 Å². The van der Waals surface area contributed by atoms with Crippen molar-refractivity contribution in [1.29, 1.82) is 0 Å². The van der Waals surface area contributed by atoms with E-state index in [1.54, 1.807) is 20.5 Å². The van der Waals surface area contributed by atoms with Crippen molar-refractivity contribution in [3.8, 4) is 22.3 Å². The lowest BCUT2D eigenvalue weighted by molar-refractivity contribution is 0.0729. The minimum absolute atomic E-state index is 0.000434. The smallest absolute Gasteiger partial charge is 0.274 e. The first-order valence-corrected chi connectivity index (χ1v) is 9.98. The van der Waals surface area contributed by atoms with E-state index in [4.69, 9.17) is 13.9 Å². The Bertz CT molecular complexity index is 980. The van der Waals surface area contributed by atoms with E-state index in [0.29, 0.717) is 29.5 Å². The maximum atomic E-state index is 13.3. The zero-order chi connectivity index (χ0) is 19.7. The fourth-order valence-electron chi connectivity index (χ4n) is 3.65. The van der Waals surface area contributed by atoms with Gasteiger partial charge in [0.1, 0.15) is 5.69 Å². The number of likely N-dealkylation sites (tertiary alicyclic amines) is 1. The topological polar surface area (TPSA) is 64.8 Å². The molecule has 146 valence electrons. The van der Waals surface area contributed by atoms with Crippen molar-refractivity contribution in [2.24, 2.45) is 0 Å². The molecule has 1 aromatic carbocycles. The molecule has 7 heteroatoms. The van der Waals surface area contributed by atoms with Gasteiger partial charge in [0.2, 0.25) is 0 Å². The molecule has 0 bridgehead atoms. The molecule has 1 atom stereocenters. The number of ether oxygens (including phenoxy) is 2. The van der Waals surface area contributed by atoms with Crippen LogP contribution in [0, 0.1) is 6.92 Å². The highest BCUT2D eigenvalue weighted by molar-refractivity contribution is 7.15. The molecule has 1 saturated heterocycles. The first-order chi connectivity index (χ1) is 13.6. The number of carbonyl (C=O) groups is 1. The molecular formula is C21H22N2O4S. The van der Waals surface area contributed by atoms with Crippen LogP contribution in [0.3, 0.4) is 0 Å². The molecule has 1 aliphatic rings. The summed E-state index contributed by atoms with van der Waals surface area (Å²) in [6.07, 6.45) is 3.48. The molecule has 1 unspecified atom stereocenters. The number of hydrogen-bond acceptors (Lipinski definition) is 6. The summed E-state index contributed by atoms with van der Waals surface area (Å²) in [4.78, 5) is 20.7. The van der Waals surface area contributed by atoms with Gasteiger partial charge in [-0.25, -0.2) is 4.98 Å². The monoisotopic (exact) mass is 398 g/mol. The van der Waals surface area contributed by atoms with Crippen LogP contribution in [-0.2, 0) is 0 Å². The van der Waals surface area contributed by atoms with Crippen LogP contribution in [0.15, 0.2) is 41.0 Å². The van der Waals surface area contributed by atoms with Crippen molar-refractivity contribution in [1.82, 2.24) is 9.88 Å². The van der Waals surface area contributed by atoms with Crippen molar-refractivity contribution in [2.45, 2.75) is 25.8 Å². The molecule has 28 heavy (non-hydrogen) atoms. The third kappa shape index (κ3) is 3.26. The Hall–Kier alpha value is -2.80. The second-order valence-electron chi connectivity index (χ2n) is 6.67. The number of hydrogen-bond donors (Lipinski definition) is 0. The van der Waals surface area contributed by atoms with Gasteiger partial charge in [-0.3, -0.25) is 4.79 Å². The van der Waals surface area contributed by atoms with Gasteiger partial charge in [-0.1, -0.05) is 6.07 Å². The number of furan rings is 1. The highest BCUT2D eigenvalue weighted by Crippen LogP contribution is 2.38. The SMILES string of the molecule is COc1ccc(C2CCCN2C(=O)c2nc(-c3ccco3)sc2C)cc1OC. The van der Waals surface area contributed by atoms with E-state index in [-0.39, 0.29) is 11.9 Å². The predicted molar refractivity (Wildman–Crippen MR) is 107 cm³/mol. The number of amides is 1. The van der Waals surface area contributed by atoms with Crippen molar-refractivity contribution in [2.75, 3.05) is 20.8 Å². The van der Waals surface area contributed by atoms with Crippen LogP contribution in [0.2, 0.25) is 0 Å². The quantitative estimate of drug-likeness (QED) is 0.623. The van der Waals surface area contributed by atoms with Crippen LogP contribution in [0.4, 0.5) is 0 Å². The number of benzene rings is 1. The minimum Gasteiger partial charge on any atom is -0.493 e. The van der Waals surface area contributed by atoms with Gasteiger partial charge in [0, 0.05) is 11.4 Å². The zero-order valence-corrected chi connectivity index (χ0v) is 16.9. The maximum absolute atomic E-state index is 13.3. The molecular weight excluding hydrogens is 376 g/mol. The van der Waals surface area contributed by atoms with E-state index in [1.807, 2.05) is 42.2 Å². The molecule has 6 nitrogen and oxygen atoms in total. The summed E-state index contributed by atoms with van der Waals surface area (Å²) in [6, 6.07) is 9.52. The standard InChI is InChI=1S/C21H22N2O4S/c1-13-19(22-20(28-13)17-7-5-11-27-17)21(24)23-10-4-6-15(23)14-8-9-16(25-2)18(12-14)26-3/h5,7-9,11-12,15H,4,6,10H2,1-3H3. The molecule has 0 spiro atoms. The van der Waals surface area contributed by atoms with E-state index < -0.39 is 0 Å². The number of nitrogens with zero attached hydrogens (tertiary/aromatic N) is 2. The van der Waals surface area contributed by atoms with Gasteiger partial charge < -0.3 is 18.8 Å². The number of aromatic nitrogens is 1. The Morgan fingerprint density at radius 2 is 2.07 bits per heavy atom. The molecule has 0 aliphatic carbocycles. The Kier molecular flexibility index (Phi) is 5.09. The van der Waals surface area contributed by atoms with E-state index in [1.165, 1.54) is 11.3 Å².